The molecule has 1 aromatic heterocycles. The van der Waals surface area contributed by atoms with Crippen molar-refractivity contribution < 1.29 is 19.1 Å². The molecule has 30 heavy (non-hydrogen) atoms. The average Bonchev–Trinajstić information content (AvgIpc) is 3.49. The molecule has 2 N–H and O–H groups in total. The van der Waals surface area contributed by atoms with Crippen LogP contribution in [0, 0.1) is 0 Å². The number of imidazole rings is 1. The van der Waals surface area contributed by atoms with Gasteiger partial charge in [-0.25, -0.2) is 4.98 Å². The minimum atomic E-state index is -1.07. The van der Waals surface area contributed by atoms with Crippen LogP contribution in [-0.4, -0.2) is 57.9 Å². The summed E-state index contributed by atoms with van der Waals surface area (Å²) in [4.78, 5) is 44.5. The summed E-state index contributed by atoms with van der Waals surface area (Å²) in [7, 11) is 3.10. The largest absolute Gasteiger partial charge is 0.497 e. The van der Waals surface area contributed by atoms with Crippen LogP contribution in [0.15, 0.2) is 30.6 Å². The molecule has 1 saturated carbocycles. The zero-order valence-corrected chi connectivity index (χ0v) is 17.3. The molecule has 1 aliphatic carbocycles. The summed E-state index contributed by atoms with van der Waals surface area (Å²) >= 11 is 0. The monoisotopic (exact) mass is 411 g/mol. The van der Waals surface area contributed by atoms with Gasteiger partial charge >= 0.3 is 0 Å². The van der Waals surface area contributed by atoms with Gasteiger partial charge in [0, 0.05) is 19.6 Å². The lowest BCUT2D eigenvalue weighted by Crippen LogP contribution is -2.64. The van der Waals surface area contributed by atoms with E-state index in [1.54, 1.807) is 23.5 Å². The third-order valence-electron chi connectivity index (χ3n) is 5.72. The highest BCUT2D eigenvalue weighted by Crippen LogP contribution is 2.38. The van der Waals surface area contributed by atoms with Gasteiger partial charge < -0.3 is 24.8 Å². The number of hydrogen-bond acceptors (Lipinski definition) is 5. The maximum atomic E-state index is 13.4. The number of nitrogens with one attached hydrogen (secondary N) is 2. The zero-order chi connectivity index (χ0) is 21.5. The molecule has 4 rings (SSSR count). The van der Waals surface area contributed by atoms with Crippen molar-refractivity contribution in [3.63, 3.8) is 0 Å². The average molecular weight is 411 g/mol. The Kier molecular flexibility index (Phi) is 4.97. The number of carbonyl (C=O) groups is 3. The number of aromatic nitrogens is 2. The molecule has 1 unspecified atom stereocenters. The van der Waals surface area contributed by atoms with Gasteiger partial charge in [0.15, 0.2) is 5.69 Å². The molecule has 9 heteroatoms. The molecule has 0 spiro atoms. The second kappa shape index (κ2) is 7.47. The van der Waals surface area contributed by atoms with Crippen molar-refractivity contribution in [1.82, 2.24) is 25.1 Å². The van der Waals surface area contributed by atoms with Crippen LogP contribution < -0.4 is 15.4 Å². The summed E-state index contributed by atoms with van der Waals surface area (Å²) < 4.78 is 6.77. The zero-order valence-electron chi connectivity index (χ0n) is 17.3. The molecule has 2 aliphatic rings. The number of rotatable bonds is 6. The molecule has 9 nitrogen and oxygen atoms in total. The fourth-order valence-corrected chi connectivity index (χ4v) is 3.96. The van der Waals surface area contributed by atoms with Gasteiger partial charge in [0.2, 0.25) is 5.91 Å². The van der Waals surface area contributed by atoms with Crippen LogP contribution in [0.4, 0.5) is 0 Å². The first kappa shape index (κ1) is 19.9. The fraction of sp³-hybridized carbons (Fsp3) is 0.429. The summed E-state index contributed by atoms with van der Waals surface area (Å²) in [5.74, 6) is -0.240. The summed E-state index contributed by atoms with van der Waals surface area (Å²) in [6.07, 6.45) is 3.14. The predicted molar refractivity (Wildman–Crippen MR) is 108 cm³/mol. The molecule has 0 bridgehead atoms. The summed E-state index contributed by atoms with van der Waals surface area (Å²) in [5.41, 5.74) is 0.187. The highest BCUT2D eigenvalue weighted by atomic mass is 16.5. The Morgan fingerprint density at radius 1 is 1.27 bits per heavy atom. The number of methoxy groups -OCH3 is 1. The number of hydrogen-bond donors (Lipinski definition) is 2. The maximum absolute atomic E-state index is 13.4. The van der Waals surface area contributed by atoms with Gasteiger partial charge in [-0.3, -0.25) is 14.4 Å². The quantitative estimate of drug-likeness (QED) is 0.736. The van der Waals surface area contributed by atoms with Gasteiger partial charge in [0.25, 0.3) is 11.8 Å². The SMILES string of the molecule is CNC(=O)c1ncn2c1C(=O)N(C1CC1)C(C)(C(=O)NCc1ccc(OC)cc1)C2. The predicted octanol–water partition coefficient (Wildman–Crippen LogP) is 0.945. The van der Waals surface area contributed by atoms with Crippen LogP contribution in [0.25, 0.3) is 0 Å². The van der Waals surface area contributed by atoms with E-state index in [1.165, 1.54) is 13.4 Å². The number of fused-ring (bicyclic) bond motifs is 1. The molecule has 0 saturated heterocycles. The fourth-order valence-electron chi connectivity index (χ4n) is 3.96. The first-order valence-electron chi connectivity index (χ1n) is 9.91. The number of carbonyl (C=O) groups excluding carboxylic acids is 3. The molecule has 1 aliphatic heterocycles. The van der Waals surface area contributed by atoms with Crippen molar-refractivity contribution >= 4 is 17.7 Å². The van der Waals surface area contributed by atoms with Crippen molar-refractivity contribution in [3.05, 3.63) is 47.5 Å². The van der Waals surface area contributed by atoms with Gasteiger partial charge in [-0.05, 0) is 37.5 Å². The van der Waals surface area contributed by atoms with Crippen molar-refractivity contribution in [2.45, 2.75) is 44.4 Å². The lowest BCUT2D eigenvalue weighted by atomic mass is 9.93. The molecule has 1 aromatic carbocycles. The molecule has 1 atom stereocenters. The van der Waals surface area contributed by atoms with Crippen molar-refractivity contribution in [2.75, 3.05) is 14.2 Å². The normalized spacial score (nSPS) is 20.5. The van der Waals surface area contributed by atoms with E-state index in [1.807, 2.05) is 24.3 Å². The van der Waals surface area contributed by atoms with Crippen LogP contribution in [-0.2, 0) is 17.9 Å². The van der Waals surface area contributed by atoms with Crippen molar-refractivity contribution in [1.29, 1.82) is 0 Å². The Labute approximate surface area is 174 Å². The van der Waals surface area contributed by atoms with E-state index in [9.17, 15) is 14.4 Å². The third kappa shape index (κ3) is 3.30. The third-order valence-corrected chi connectivity index (χ3v) is 5.72. The summed E-state index contributed by atoms with van der Waals surface area (Å²) in [6.45, 7) is 2.35. The lowest BCUT2D eigenvalue weighted by molar-refractivity contribution is -0.133. The van der Waals surface area contributed by atoms with Gasteiger partial charge in [0.05, 0.1) is 20.0 Å². The number of amides is 3. The Morgan fingerprint density at radius 2 is 1.97 bits per heavy atom. The first-order chi connectivity index (χ1) is 14.4. The second-order valence-corrected chi connectivity index (χ2v) is 7.86. The standard InChI is InChI=1S/C21H25N5O4/c1-21(20(29)23-10-13-4-8-15(30-3)9-5-13)11-25-12-24-16(18(27)22-2)17(25)19(28)26(21)14-6-7-14/h4-5,8-9,12,14H,6-7,10-11H2,1-3H3,(H,22,27)(H,23,29). The van der Waals surface area contributed by atoms with Gasteiger partial charge in [-0.2, -0.15) is 0 Å². The van der Waals surface area contributed by atoms with Crippen LogP contribution in [0.2, 0.25) is 0 Å². The van der Waals surface area contributed by atoms with E-state index in [0.29, 0.717) is 6.54 Å². The molecular formula is C21H25N5O4. The van der Waals surface area contributed by atoms with Gasteiger partial charge in [-0.1, -0.05) is 12.1 Å². The molecule has 0 radical (unpaired) electrons. The minimum absolute atomic E-state index is 0.00424. The van der Waals surface area contributed by atoms with E-state index in [0.717, 1.165) is 24.2 Å². The molecule has 158 valence electrons. The van der Waals surface area contributed by atoms with E-state index in [-0.39, 0.29) is 35.8 Å². The molecular weight excluding hydrogens is 386 g/mol. The van der Waals surface area contributed by atoms with E-state index < -0.39 is 11.4 Å². The Balaban J connectivity index is 1.59. The van der Waals surface area contributed by atoms with Crippen LogP contribution in [0.1, 0.15) is 46.3 Å². The topological polar surface area (TPSA) is 106 Å². The summed E-state index contributed by atoms with van der Waals surface area (Å²) in [5, 5.41) is 5.48. The number of ether oxygens (including phenoxy) is 1. The first-order valence-corrected chi connectivity index (χ1v) is 9.91. The highest BCUT2D eigenvalue weighted by molar-refractivity contribution is 6.07. The number of nitrogens with zero attached hydrogens (tertiary/aromatic N) is 3. The number of benzene rings is 1. The van der Waals surface area contributed by atoms with Crippen molar-refractivity contribution in [3.8, 4) is 5.75 Å². The second-order valence-electron chi connectivity index (χ2n) is 7.86. The molecule has 3 amide bonds. The van der Waals surface area contributed by atoms with Gasteiger partial charge in [-0.15, -0.1) is 0 Å². The van der Waals surface area contributed by atoms with Crippen LogP contribution >= 0.6 is 0 Å². The van der Waals surface area contributed by atoms with E-state index in [2.05, 4.69) is 15.6 Å². The molecule has 2 aromatic rings. The Hall–Kier alpha value is -3.36. The van der Waals surface area contributed by atoms with Crippen LogP contribution in [0.3, 0.4) is 0 Å². The minimum Gasteiger partial charge on any atom is -0.497 e. The smallest absolute Gasteiger partial charge is 0.274 e. The Bertz CT molecular complexity index is 995. The van der Waals surface area contributed by atoms with Crippen LogP contribution in [0.5, 0.6) is 5.75 Å². The molecule has 1 fully saturated rings. The van der Waals surface area contributed by atoms with E-state index >= 15 is 0 Å². The molecule has 2 heterocycles. The highest BCUT2D eigenvalue weighted by Gasteiger charge is 2.53. The van der Waals surface area contributed by atoms with Crippen molar-refractivity contribution in [2.24, 2.45) is 0 Å². The maximum Gasteiger partial charge on any atom is 0.274 e. The summed E-state index contributed by atoms with van der Waals surface area (Å²) in [6, 6.07) is 7.44. The Morgan fingerprint density at radius 3 is 2.57 bits per heavy atom. The van der Waals surface area contributed by atoms with E-state index in [4.69, 9.17) is 4.74 Å². The van der Waals surface area contributed by atoms with Gasteiger partial charge in [0.1, 0.15) is 17.0 Å². The lowest BCUT2D eigenvalue weighted by Gasteiger charge is -2.44.